The van der Waals surface area contributed by atoms with Crippen LogP contribution in [-0.4, -0.2) is 52.6 Å². The van der Waals surface area contributed by atoms with Gasteiger partial charge in [0.25, 0.3) is 0 Å². The smallest absolute Gasteiger partial charge is 0.354 e. The highest BCUT2D eigenvalue weighted by molar-refractivity contribution is 5.87. The SMILES string of the molecule is C=CC(=O)N1CCN(c2nc(=O)n3c(=C\CC)/c2=C\C(F)=C(/C)c2c(F)cccc2OC2=C3C(C(C)C)NC=C2)CC1. The van der Waals surface area contributed by atoms with Crippen LogP contribution in [0.2, 0.25) is 0 Å². The molecular weight excluding hydrogens is 540 g/mol. The van der Waals surface area contributed by atoms with E-state index < -0.39 is 17.3 Å². The van der Waals surface area contributed by atoms with Crippen LogP contribution in [0, 0.1) is 11.7 Å². The van der Waals surface area contributed by atoms with Crippen LogP contribution < -0.4 is 31.2 Å². The highest BCUT2D eigenvalue weighted by atomic mass is 19.1. The molecule has 3 aliphatic heterocycles. The lowest BCUT2D eigenvalue weighted by Crippen LogP contribution is -2.55. The maximum atomic E-state index is 16.2. The number of halogens is 2. The summed E-state index contributed by atoms with van der Waals surface area (Å²) in [6, 6.07) is 3.99. The van der Waals surface area contributed by atoms with Crippen LogP contribution in [0.3, 0.4) is 0 Å². The van der Waals surface area contributed by atoms with Crippen LogP contribution in [-0.2, 0) is 4.79 Å². The average molecular weight is 576 g/mol. The molecule has 2 bridgehead atoms. The second kappa shape index (κ2) is 11.8. The van der Waals surface area contributed by atoms with Crippen LogP contribution >= 0.6 is 0 Å². The summed E-state index contributed by atoms with van der Waals surface area (Å²) in [6.07, 6.45) is 8.43. The van der Waals surface area contributed by atoms with Gasteiger partial charge in [-0.2, -0.15) is 4.98 Å². The molecule has 8 nitrogen and oxygen atoms in total. The first-order chi connectivity index (χ1) is 20.2. The third-order valence-electron chi connectivity index (χ3n) is 7.78. The van der Waals surface area contributed by atoms with E-state index in [9.17, 15) is 9.59 Å². The van der Waals surface area contributed by atoms with Crippen molar-refractivity contribution in [2.45, 2.75) is 40.2 Å². The van der Waals surface area contributed by atoms with Crippen molar-refractivity contribution in [3.8, 4) is 5.75 Å². The fourth-order valence-corrected chi connectivity index (χ4v) is 5.63. The number of ether oxygens (including phenoxy) is 1. The molecule has 42 heavy (non-hydrogen) atoms. The first-order valence-corrected chi connectivity index (χ1v) is 14.2. The Balaban J connectivity index is 1.88. The average Bonchev–Trinajstić information content (AvgIpc) is 2.98. The molecule has 0 saturated carbocycles. The Labute approximate surface area is 243 Å². The van der Waals surface area contributed by atoms with Crippen molar-refractivity contribution in [3.05, 3.63) is 87.1 Å². The van der Waals surface area contributed by atoms with E-state index in [2.05, 4.69) is 16.9 Å². The van der Waals surface area contributed by atoms with Gasteiger partial charge < -0.3 is 19.9 Å². The second-order valence-corrected chi connectivity index (χ2v) is 10.8. The molecule has 1 amide bonds. The van der Waals surface area contributed by atoms with Crippen molar-refractivity contribution < 1.29 is 18.3 Å². The van der Waals surface area contributed by atoms with E-state index in [1.54, 1.807) is 23.2 Å². The number of nitrogens with one attached hydrogen (secondary N) is 1. The molecule has 0 spiro atoms. The minimum Gasteiger partial charge on any atom is -0.455 e. The predicted octanol–water partition coefficient (Wildman–Crippen LogP) is 3.29. The summed E-state index contributed by atoms with van der Waals surface area (Å²) in [5.74, 6) is -0.692. The molecule has 10 heteroatoms. The van der Waals surface area contributed by atoms with E-state index in [1.807, 2.05) is 31.7 Å². The lowest BCUT2D eigenvalue weighted by atomic mass is 9.97. The molecule has 1 N–H and O–H groups in total. The highest BCUT2D eigenvalue weighted by Crippen LogP contribution is 2.35. The van der Waals surface area contributed by atoms with Gasteiger partial charge in [0, 0.05) is 37.6 Å². The second-order valence-electron chi connectivity index (χ2n) is 10.8. The lowest BCUT2D eigenvalue weighted by molar-refractivity contribution is -0.126. The Morgan fingerprint density at radius 2 is 1.98 bits per heavy atom. The molecule has 0 radical (unpaired) electrons. The van der Waals surface area contributed by atoms with Crippen LogP contribution in [0.25, 0.3) is 23.4 Å². The maximum Gasteiger partial charge on any atom is 0.354 e. The van der Waals surface area contributed by atoms with E-state index in [0.29, 0.717) is 60.4 Å². The number of dihydropyridines is 1. The molecule has 1 aromatic carbocycles. The van der Waals surface area contributed by atoms with E-state index in [1.165, 1.54) is 35.8 Å². The topological polar surface area (TPSA) is 79.7 Å². The number of carbonyl (C=O) groups is 1. The van der Waals surface area contributed by atoms with Gasteiger partial charge in [-0.1, -0.05) is 39.5 Å². The number of piperazine rings is 1. The molecule has 1 aromatic heterocycles. The summed E-state index contributed by atoms with van der Waals surface area (Å²) in [6.45, 7) is 12.6. The fourth-order valence-electron chi connectivity index (χ4n) is 5.63. The Morgan fingerprint density at radius 3 is 2.64 bits per heavy atom. The summed E-state index contributed by atoms with van der Waals surface area (Å²) in [5.41, 5.74) is 0.00572. The zero-order valence-electron chi connectivity index (χ0n) is 24.3. The summed E-state index contributed by atoms with van der Waals surface area (Å²) < 4.78 is 39.3. The van der Waals surface area contributed by atoms with Gasteiger partial charge in [-0.05, 0) is 55.2 Å². The number of fused-ring (bicyclic) bond motifs is 4. The Bertz CT molecular complexity index is 1710. The Morgan fingerprint density at radius 1 is 1.24 bits per heavy atom. The molecule has 1 unspecified atom stereocenters. The van der Waals surface area contributed by atoms with Crippen LogP contribution in [0.15, 0.2) is 59.5 Å². The van der Waals surface area contributed by atoms with Crippen LogP contribution in [0.5, 0.6) is 5.75 Å². The molecule has 1 atom stereocenters. The predicted molar refractivity (Wildman–Crippen MR) is 161 cm³/mol. The summed E-state index contributed by atoms with van der Waals surface area (Å²) in [5, 5.41) is 4.18. The van der Waals surface area contributed by atoms with Crippen LogP contribution in [0.4, 0.5) is 14.6 Å². The normalized spacial score (nSPS) is 21.5. The molecule has 3 aliphatic rings. The molecule has 5 rings (SSSR count). The third-order valence-corrected chi connectivity index (χ3v) is 7.78. The lowest BCUT2D eigenvalue weighted by Gasteiger charge is -2.35. The van der Waals surface area contributed by atoms with Gasteiger partial charge in [-0.3, -0.25) is 9.36 Å². The zero-order chi connectivity index (χ0) is 30.1. The number of hydrogen-bond donors (Lipinski definition) is 1. The van der Waals surface area contributed by atoms with Gasteiger partial charge >= 0.3 is 5.69 Å². The maximum absolute atomic E-state index is 16.2. The number of nitrogens with zero attached hydrogens (tertiary/aromatic N) is 4. The Hall–Kier alpha value is -4.47. The fraction of sp³-hybridized carbons (Fsp3) is 0.344. The number of rotatable bonds is 4. The van der Waals surface area contributed by atoms with E-state index in [4.69, 9.17) is 4.74 Å². The number of allylic oxidation sites excluding steroid dienone is 3. The van der Waals surface area contributed by atoms with Gasteiger partial charge in [-0.25, -0.2) is 13.6 Å². The van der Waals surface area contributed by atoms with Crippen molar-refractivity contribution in [1.82, 2.24) is 19.8 Å². The number of benzene rings is 1. The quantitative estimate of drug-likeness (QED) is 0.564. The van der Waals surface area contributed by atoms with Gasteiger partial charge in [-0.15, -0.1) is 0 Å². The number of anilines is 1. The number of amides is 1. The monoisotopic (exact) mass is 575 g/mol. The molecule has 220 valence electrons. The van der Waals surface area contributed by atoms with Gasteiger partial charge in [0.15, 0.2) is 5.76 Å². The van der Waals surface area contributed by atoms with Gasteiger partial charge in [0.2, 0.25) is 5.91 Å². The van der Waals surface area contributed by atoms with Crippen LogP contribution in [0.1, 0.15) is 39.7 Å². The summed E-state index contributed by atoms with van der Waals surface area (Å²) in [4.78, 5) is 34.3. The van der Waals surface area contributed by atoms with Crippen molar-refractivity contribution >= 4 is 35.1 Å². The standard InChI is InChI=1S/C32H35F2N5O3/c1-6-9-24-21-18-23(34)20(5)28-22(33)10-8-11-25(28)42-26-12-13-35-29(19(3)4)30(26)39(24)32(41)36-31(21)38-16-14-37(15-17-38)27(40)7-2/h7-13,18-19,29,35H,2,6,14-17H2,1,3-5H3/b21-18+,23-20-,24-9-. The number of hydrogen-bond acceptors (Lipinski definition) is 6. The number of carbonyl (C=O) groups excluding carboxylic acids is 1. The molecular formula is C32H35F2N5O3. The first-order valence-electron chi connectivity index (χ1n) is 14.2. The molecule has 1 saturated heterocycles. The minimum absolute atomic E-state index is 0.000523. The summed E-state index contributed by atoms with van der Waals surface area (Å²) >= 11 is 0. The number of aromatic nitrogens is 2. The molecule has 0 aliphatic carbocycles. The first kappa shape index (κ1) is 29.0. The zero-order valence-corrected chi connectivity index (χ0v) is 24.3. The van der Waals surface area contributed by atoms with Crippen molar-refractivity contribution in [2.24, 2.45) is 5.92 Å². The van der Waals surface area contributed by atoms with Crippen molar-refractivity contribution in [3.63, 3.8) is 0 Å². The van der Waals surface area contributed by atoms with E-state index >= 15 is 8.78 Å². The van der Waals surface area contributed by atoms with E-state index in [0.717, 1.165) is 0 Å². The van der Waals surface area contributed by atoms with Crippen molar-refractivity contribution in [1.29, 1.82) is 0 Å². The third kappa shape index (κ3) is 5.17. The molecule has 4 heterocycles. The molecule has 2 aromatic rings. The van der Waals surface area contributed by atoms with Gasteiger partial charge in [0.1, 0.15) is 23.2 Å². The summed E-state index contributed by atoms with van der Waals surface area (Å²) in [7, 11) is 0. The highest BCUT2D eigenvalue weighted by Gasteiger charge is 2.31. The largest absolute Gasteiger partial charge is 0.455 e. The minimum atomic E-state index is -0.682. The van der Waals surface area contributed by atoms with Crippen molar-refractivity contribution in [2.75, 3.05) is 31.1 Å². The van der Waals surface area contributed by atoms with E-state index in [-0.39, 0.29) is 34.8 Å². The Kier molecular flexibility index (Phi) is 8.15. The molecule has 1 fully saturated rings. The van der Waals surface area contributed by atoms with Gasteiger partial charge in [0.05, 0.1) is 22.7 Å².